The molecular weight excluding hydrogens is 238 g/mol. The molecule has 84 valence electrons. The van der Waals surface area contributed by atoms with Crippen LogP contribution in [0.5, 0.6) is 0 Å². The van der Waals surface area contributed by atoms with E-state index in [1.807, 2.05) is 13.0 Å². The summed E-state index contributed by atoms with van der Waals surface area (Å²) >= 11 is 7.76. The SMILES string of the molecule is Cc1cc(CNCc2cccs2)ccc1Cl. The minimum absolute atomic E-state index is 0.835. The van der Waals surface area contributed by atoms with Gasteiger partial charge in [-0.3, -0.25) is 0 Å². The largest absolute Gasteiger partial charge is 0.308 e. The van der Waals surface area contributed by atoms with Gasteiger partial charge in [0.25, 0.3) is 0 Å². The lowest BCUT2D eigenvalue weighted by atomic mass is 10.1. The standard InChI is InChI=1S/C13H14ClNS/c1-10-7-11(4-5-13(10)14)8-15-9-12-3-2-6-16-12/h2-7,15H,8-9H2,1H3. The molecule has 0 aliphatic heterocycles. The smallest absolute Gasteiger partial charge is 0.0435 e. The van der Waals surface area contributed by atoms with Gasteiger partial charge in [-0.15, -0.1) is 11.3 Å². The van der Waals surface area contributed by atoms with Crippen molar-refractivity contribution < 1.29 is 0 Å². The lowest BCUT2D eigenvalue weighted by Gasteiger charge is -2.05. The van der Waals surface area contributed by atoms with Crippen molar-refractivity contribution in [1.29, 1.82) is 0 Å². The minimum atomic E-state index is 0.835. The maximum absolute atomic E-state index is 5.98. The van der Waals surface area contributed by atoms with Crippen LogP contribution in [0.4, 0.5) is 0 Å². The molecule has 1 aromatic heterocycles. The van der Waals surface area contributed by atoms with Gasteiger partial charge in [0.2, 0.25) is 0 Å². The van der Waals surface area contributed by atoms with Crippen LogP contribution in [0, 0.1) is 6.92 Å². The molecule has 1 nitrogen and oxygen atoms in total. The van der Waals surface area contributed by atoms with Gasteiger partial charge in [0, 0.05) is 23.0 Å². The maximum atomic E-state index is 5.98. The molecule has 0 unspecified atom stereocenters. The first-order chi connectivity index (χ1) is 7.75. The van der Waals surface area contributed by atoms with Crippen LogP contribution in [-0.4, -0.2) is 0 Å². The van der Waals surface area contributed by atoms with E-state index < -0.39 is 0 Å². The van der Waals surface area contributed by atoms with E-state index in [0.717, 1.165) is 23.7 Å². The Morgan fingerprint density at radius 3 is 2.81 bits per heavy atom. The third-order valence-electron chi connectivity index (χ3n) is 2.43. The van der Waals surface area contributed by atoms with Crippen molar-refractivity contribution in [3.63, 3.8) is 0 Å². The zero-order chi connectivity index (χ0) is 11.4. The van der Waals surface area contributed by atoms with Gasteiger partial charge in [0.05, 0.1) is 0 Å². The quantitative estimate of drug-likeness (QED) is 0.866. The third-order valence-corrected chi connectivity index (χ3v) is 3.73. The Bertz CT molecular complexity index is 451. The van der Waals surface area contributed by atoms with Gasteiger partial charge < -0.3 is 5.32 Å². The molecule has 3 heteroatoms. The van der Waals surface area contributed by atoms with Crippen molar-refractivity contribution in [1.82, 2.24) is 5.32 Å². The second kappa shape index (κ2) is 5.48. The Kier molecular flexibility index (Phi) is 3.99. The van der Waals surface area contributed by atoms with Crippen molar-refractivity contribution in [2.45, 2.75) is 20.0 Å². The molecule has 16 heavy (non-hydrogen) atoms. The molecule has 0 radical (unpaired) electrons. The van der Waals surface area contributed by atoms with E-state index in [1.165, 1.54) is 10.4 Å². The molecule has 0 fully saturated rings. The number of nitrogens with one attached hydrogen (secondary N) is 1. The van der Waals surface area contributed by atoms with Crippen molar-refractivity contribution in [2.24, 2.45) is 0 Å². The summed E-state index contributed by atoms with van der Waals surface area (Å²) in [5.41, 5.74) is 2.41. The van der Waals surface area contributed by atoms with E-state index in [0.29, 0.717) is 0 Å². The Hall–Kier alpha value is -0.830. The number of hydrogen-bond donors (Lipinski definition) is 1. The van der Waals surface area contributed by atoms with E-state index in [2.05, 4.69) is 35.0 Å². The number of thiophene rings is 1. The molecule has 0 aliphatic rings. The Morgan fingerprint density at radius 2 is 2.12 bits per heavy atom. The van der Waals surface area contributed by atoms with Crippen LogP contribution in [0.25, 0.3) is 0 Å². The lowest BCUT2D eigenvalue weighted by Crippen LogP contribution is -2.11. The highest BCUT2D eigenvalue weighted by Gasteiger charge is 1.98. The van der Waals surface area contributed by atoms with Crippen molar-refractivity contribution in [3.8, 4) is 0 Å². The van der Waals surface area contributed by atoms with Crippen LogP contribution in [0.2, 0.25) is 5.02 Å². The van der Waals surface area contributed by atoms with Crippen molar-refractivity contribution in [3.05, 3.63) is 56.7 Å². The lowest BCUT2D eigenvalue weighted by molar-refractivity contribution is 0.700. The minimum Gasteiger partial charge on any atom is -0.308 e. The zero-order valence-corrected chi connectivity index (χ0v) is 10.7. The van der Waals surface area contributed by atoms with Gasteiger partial charge in [-0.25, -0.2) is 0 Å². The number of halogens is 1. The van der Waals surface area contributed by atoms with Gasteiger partial charge in [0.1, 0.15) is 0 Å². The summed E-state index contributed by atoms with van der Waals surface area (Å²) in [5, 5.41) is 6.35. The molecule has 1 N–H and O–H groups in total. The predicted octanol–water partition coefficient (Wildman–Crippen LogP) is 4.00. The van der Waals surface area contributed by atoms with Gasteiger partial charge in [-0.1, -0.05) is 29.8 Å². The fourth-order valence-corrected chi connectivity index (χ4v) is 2.35. The highest BCUT2D eigenvalue weighted by atomic mass is 35.5. The maximum Gasteiger partial charge on any atom is 0.0435 e. The molecule has 2 aromatic rings. The Balaban J connectivity index is 1.87. The summed E-state index contributed by atoms with van der Waals surface area (Å²) in [6, 6.07) is 10.4. The van der Waals surface area contributed by atoms with Crippen LogP contribution in [0.1, 0.15) is 16.0 Å². The number of rotatable bonds is 4. The molecule has 0 bridgehead atoms. The summed E-state index contributed by atoms with van der Waals surface area (Å²) in [4.78, 5) is 1.37. The van der Waals surface area contributed by atoms with Crippen LogP contribution in [-0.2, 0) is 13.1 Å². The van der Waals surface area contributed by atoms with Crippen molar-refractivity contribution >= 4 is 22.9 Å². The molecule has 1 heterocycles. The van der Waals surface area contributed by atoms with Crippen LogP contribution in [0.15, 0.2) is 35.7 Å². The van der Waals surface area contributed by atoms with Gasteiger partial charge in [-0.05, 0) is 35.6 Å². The van der Waals surface area contributed by atoms with Crippen LogP contribution in [0.3, 0.4) is 0 Å². The summed E-state index contributed by atoms with van der Waals surface area (Å²) in [5.74, 6) is 0. The normalized spacial score (nSPS) is 10.6. The van der Waals surface area contributed by atoms with E-state index in [1.54, 1.807) is 11.3 Å². The zero-order valence-electron chi connectivity index (χ0n) is 9.16. The topological polar surface area (TPSA) is 12.0 Å². The highest BCUT2D eigenvalue weighted by Crippen LogP contribution is 2.16. The monoisotopic (exact) mass is 251 g/mol. The first kappa shape index (κ1) is 11.6. The fourth-order valence-electron chi connectivity index (χ4n) is 1.56. The predicted molar refractivity (Wildman–Crippen MR) is 71.1 cm³/mol. The summed E-state index contributed by atoms with van der Waals surface area (Å²) in [6.45, 7) is 3.85. The van der Waals surface area contributed by atoms with Crippen LogP contribution < -0.4 is 5.32 Å². The summed E-state index contributed by atoms with van der Waals surface area (Å²) < 4.78 is 0. The van der Waals surface area contributed by atoms with E-state index in [9.17, 15) is 0 Å². The molecule has 0 aliphatic carbocycles. The molecule has 0 saturated carbocycles. The second-order valence-electron chi connectivity index (χ2n) is 3.77. The van der Waals surface area contributed by atoms with E-state index >= 15 is 0 Å². The summed E-state index contributed by atoms with van der Waals surface area (Å²) in [7, 11) is 0. The van der Waals surface area contributed by atoms with Crippen molar-refractivity contribution in [2.75, 3.05) is 0 Å². The molecule has 0 atom stereocenters. The first-order valence-corrected chi connectivity index (χ1v) is 6.49. The van der Waals surface area contributed by atoms with Gasteiger partial charge in [0.15, 0.2) is 0 Å². The summed E-state index contributed by atoms with van der Waals surface area (Å²) in [6.07, 6.45) is 0. The highest BCUT2D eigenvalue weighted by molar-refractivity contribution is 7.09. The Labute approximate surface area is 105 Å². The molecular formula is C13H14ClNS. The van der Waals surface area contributed by atoms with Gasteiger partial charge in [-0.2, -0.15) is 0 Å². The number of aryl methyl sites for hydroxylation is 1. The molecule has 0 saturated heterocycles. The van der Waals surface area contributed by atoms with E-state index in [-0.39, 0.29) is 0 Å². The average Bonchev–Trinajstić information content (AvgIpc) is 2.76. The second-order valence-corrected chi connectivity index (χ2v) is 5.21. The molecule has 0 spiro atoms. The van der Waals surface area contributed by atoms with E-state index in [4.69, 9.17) is 11.6 Å². The number of benzene rings is 1. The van der Waals surface area contributed by atoms with Crippen LogP contribution >= 0.6 is 22.9 Å². The van der Waals surface area contributed by atoms with Gasteiger partial charge >= 0.3 is 0 Å². The molecule has 1 aromatic carbocycles. The molecule has 2 rings (SSSR count). The Morgan fingerprint density at radius 1 is 1.25 bits per heavy atom. The molecule has 0 amide bonds. The first-order valence-electron chi connectivity index (χ1n) is 5.24. The third kappa shape index (κ3) is 3.08. The fraction of sp³-hybridized carbons (Fsp3) is 0.231. The average molecular weight is 252 g/mol. The number of hydrogen-bond acceptors (Lipinski definition) is 2.